The second-order valence-electron chi connectivity index (χ2n) is 4.28. The number of fused-ring (bicyclic) bond motifs is 1. The molecule has 0 unspecified atom stereocenters. The Labute approximate surface area is 119 Å². The molecule has 0 radical (unpaired) electrons. The van der Waals surface area contributed by atoms with E-state index in [-0.39, 0.29) is 12.6 Å². The number of nitrogens with two attached hydrogens (primary N) is 1. The Bertz CT molecular complexity index is 706. The first kappa shape index (κ1) is 12.7. The molecule has 20 heavy (non-hydrogen) atoms. The molecular weight excluding hydrogens is 276 g/mol. The molecule has 1 aliphatic rings. The van der Waals surface area contributed by atoms with E-state index in [9.17, 15) is 4.79 Å². The van der Waals surface area contributed by atoms with Crippen LogP contribution in [0, 0.1) is 6.92 Å². The number of allylic oxidation sites excluding steroid dienone is 1. The Morgan fingerprint density at radius 1 is 1.40 bits per heavy atom. The molecule has 0 saturated carbocycles. The molecule has 3 rings (SSSR count). The van der Waals surface area contributed by atoms with Gasteiger partial charge in [-0.05, 0) is 30.7 Å². The number of nitrogen functional groups attached to an aromatic ring is 1. The summed E-state index contributed by atoms with van der Waals surface area (Å²) >= 11 is 1.20. The maximum atomic E-state index is 12.1. The number of benzene rings is 1. The van der Waals surface area contributed by atoms with Crippen LogP contribution in [0.15, 0.2) is 24.3 Å². The number of aromatic nitrogens is 1. The van der Waals surface area contributed by atoms with Crippen LogP contribution in [-0.2, 0) is 0 Å². The van der Waals surface area contributed by atoms with E-state index >= 15 is 0 Å². The van der Waals surface area contributed by atoms with Gasteiger partial charge in [-0.3, -0.25) is 4.79 Å². The summed E-state index contributed by atoms with van der Waals surface area (Å²) in [6.07, 6.45) is 3.25. The van der Waals surface area contributed by atoms with Crippen molar-refractivity contribution < 1.29 is 14.3 Å². The molecule has 0 aliphatic carbocycles. The van der Waals surface area contributed by atoms with E-state index in [2.05, 4.69) is 4.98 Å². The van der Waals surface area contributed by atoms with E-state index in [0.29, 0.717) is 21.5 Å². The van der Waals surface area contributed by atoms with Crippen molar-refractivity contribution >= 4 is 28.3 Å². The van der Waals surface area contributed by atoms with Gasteiger partial charge in [-0.1, -0.05) is 23.5 Å². The fourth-order valence-corrected chi connectivity index (χ4v) is 2.66. The minimum absolute atomic E-state index is 0.102. The van der Waals surface area contributed by atoms with Gasteiger partial charge in [0.05, 0.1) is 10.6 Å². The number of carbonyl (C=O) groups excluding carboxylic acids is 1. The van der Waals surface area contributed by atoms with Crippen molar-refractivity contribution in [2.75, 3.05) is 12.5 Å². The molecule has 5 nitrogen and oxygen atoms in total. The van der Waals surface area contributed by atoms with Gasteiger partial charge in [-0.15, -0.1) is 0 Å². The molecule has 0 spiro atoms. The number of ether oxygens (including phenoxy) is 2. The Morgan fingerprint density at radius 3 is 2.95 bits per heavy atom. The summed E-state index contributed by atoms with van der Waals surface area (Å²) in [5, 5.41) is 0.405. The van der Waals surface area contributed by atoms with Crippen LogP contribution in [0.5, 0.6) is 11.5 Å². The monoisotopic (exact) mass is 288 g/mol. The van der Waals surface area contributed by atoms with Crippen LogP contribution in [0.1, 0.15) is 20.9 Å². The van der Waals surface area contributed by atoms with Crippen molar-refractivity contribution in [1.82, 2.24) is 4.98 Å². The Morgan fingerprint density at radius 2 is 2.20 bits per heavy atom. The number of anilines is 1. The van der Waals surface area contributed by atoms with Crippen molar-refractivity contribution in [3.8, 4) is 11.5 Å². The molecular formula is C14H12N2O3S. The smallest absolute Gasteiger partial charge is 0.231 e. The molecule has 0 bridgehead atoms. The number of aryl methyl sites for hydroxylation is 1. The zero-order chi connectivity index (χ0) is 14.1. The molecule has 2 aromatic rings. The summed E-state index contributed by atoms with van der Waals surface area (Å²) < 4.78 is 10.5. The number of carbonyl (C=O) groups is 1. The third-order valence-corrected chi connectivity index (χ3v) is 3.86. The van der Waals surface area contributed by atoms with Gasteiger partial charge in [0.25, 0.3) is 0 Å². The predicted octanol–water partition coefficient (Wildman–Crippen LogP) is 2.66. The fraction of sp³-hybridized carbons (Fsp3) is 0.143. The summed E-state index contributed by atoms with van der Waals surface area (Å²) in [6.45, 7) is 2.01. The SMILES string of the molecule is Cc1nc(N)sc1C(=O)/C=C/c1ccc2c(c1)OCO2. The highest BCUT2D eigenvalue weighted by atomic mass is 32.1. The summed E-state index contributed by atoms with van der Waals surface area (Å²) in [7, 11) is 0. The molecule has 6 heteroatoms. The van der Waals surface area contributed by atoms with Crippen molar-refractivity contribution in [3.05, 3.63) is 40.4 Å². The second kappa shape index (κ2) is 4.97. The van der Waals surface area contributed by atoms with Gasteiger partial charge in [0.1, 0.15) is 0 Å². The van der Waals surface area contributed by atoms with Gasteiger partial charge in [0.15, 0.2) is 22.4 Å². The summed E-state index contributed by atoms with van der Waals surface area (Å²) in [6, 6.07) is 5.52. The lowest BCUT2D eigenvalue weighted by Crippen LogP contribution is -1.93. The van der Waals surface area contributed by atoms with Crippen molar-refractivity contribution in [2.45, 2.75) is 6.92 Å². The normalized spacial score (nSPS) is 13.1. The van der Waals surface area contributed by atoms with E-state index in [1.807, 2.05) is 18.2 Å². The first-order chi connectivity index (χ1) is 9.63. The molecule has 2 N–H and O–H groups in total. The second-order valence-corrected chi connectivity index (χ2v) is 5.31. The number of nitrogens with zero attached hydrogens (tertiary/aromatic N) is 1. The largest absolute Gasteiger partial charge is 0.454 e. The zero-order valence-corrected chi connectivity index (χ0v) is 11.6. The van der Waals surface area contributed by atoms with Gasteiger partial charge in [-0.25, -0.2) is 4.98 Å². The van der Waals surface area contributed by atoms with Crippen LogP contribution in [0.25, 0.3) is 6.08 Å². The molecule has 0 amide bonds. The highest BCUT2D eigenvalue weighted by molar-refractivity contribution is 7.17. The highest BCUT2D eigenvalue weighted by Crippen LogP contribution is 2.32. The fourth-order valence-electron chi connectivity index (χ4n) is 1.91. The molecule has 1 aliphatic heterocycles. The average Bonchev–Trinajstić information content (AvgIpc) is 3.01. The highest BCUT2D eigenvalue weighted by Gasteiger charge is 2.13. The molecule has 0 atom stereocenters. The summed E-state index contributed by atoms with van der Waals surface area (Å²) in [5.74, 6) is 1.31. The lowest BCUT2D eigenvalue weighted by atomic mass is 10.1. The molecule has 2 heterocycles. The third-order valence-electron chi connectivity index (χ3n) is 2.86. The maximum Gasteiger partial charge on any atom is 0.231 e. The van der Waals surface area contributed by atoms with Crippen LogP contribution < -0.4 is 15.2 Å². The Kier molecular flexibility index (Phi) is 3.15. The third kappa shape index (κ3) is 2.37. The zero-order valence-electron chi connectivity index (χ0n) is 10.8. The lowest BCUT2D eigenvalue weighted by molar-refractivity contribution is 0.105. The van der Waals surface area contributed by atoms with Gasteiger partial charge >= 0.3 is 0 Å². The predicted molar refractivity (Wildman–Crippen MR) is 77.2 cm³/mol. The van der Waals surface area contributed by atoms with Gasteiger partial charge in [0.2, 0.25) is 6.79 Å². The molecule has 0 saturated heterocycles. The number of thiazole rings is 1. The number of rotatable bonds is 3. The summed E-state index contributed by atoms with van der Waals surface area (Å²) in [5.41, 5.74) is 7.12. The number of hydrogen-bond acceptors (Lipinski definition) is 6. The van der Waals surface area contributed by atoms with E-state index in [1.54, 1.807) is 13.0 Å². The van der Waals surface area contributed by atoms with Crippen LogP contribution >= 0.6 is 11.3 Å². The molecule has 1 aromatic carbocycles. The molecule has 102 valence electrons. The van der Waals surface area contributed by atoms with Crippen molar-refractivity contribution in [2.24, 2.45) is 0 Å². The van der Waals surface area contributed by atoms with Crippen LogP contribution in [-0.4, -0.2) is 17.6 Å². The topological polar surface area (TPSA) is 74.4 Å². The van der Waals surface area contributed by atoms with Gasteiger partial charge in [0, 0.05) is 0 Å². The van der Waals surface area contributed by atoms with E-state index in [1.165, 1.54) is 17.4 Å². The van der Waals surface area contributed by atoms with Crippen LogP contribution in [0.4, 0.5) is 5.13 Å². The van der Waals surface area contributed by atoms with Crippen molar-refractivity contribution in [1.29, 1.82) is 0 Å². The minimum atomic E-state index is -0.102. The minimum Gasteiger partial charge on any atom is -0.454 e. The van der Waals surface area contributed by atoms with Crippen LogP contribution in [0.3, 0.4) is 0 Å². The maximum absolute atomic E-state index is 12.1. The first-order valence-electron chi connectivity index (χ1n) is 5.98. The van der Waals surface area contributed by atoms with Crippen molar-refractivity contribution in [3.63, 3.8) is 0 Å². The molecule has 0 fully saturated rings. The number of hydrogen-bond donors (Lipinski definition) is 1. The standard InChI is InChI=1S/C14H12N2O3S/c1-8-13(20-14(15)16-8)10(17)4-2-9-3-5-11-12(6-9)19-7-18-11/h2-6H,7H2,1H3,(H2,15,16)/b4-2+. The summed E-state index contributed by atoms with van der Waals surface area (Å²) in [4.78, 5) is 16.7. The molecule has 1 aromatic heterocycles. The van der Waals surface area contributed by atoms with E-state index < -0.39 is 0 Å². The lowest BCUT2D eigenvalue weighted by Gasteiger charge is -1.97. The quantitative estimate of drug-likeness (QED) is 0.694. The van der Waals surface area contributed by atoms with E-state index in [0.717, 1.165) is 11.3 Å². The number of ketones is 1. The first-order valence-corrected chi connectivity index (χ1v) is 6.80. The van der Waals surface area contributed by atoms with Gasteiger partial charge in [-0.2, -0.15) is 0 Å². The van der Waals surface area contributed by atoms with Gasteiger partial charge < -0.3 is 15.2 Å². The average molecular weight is 288 g/mol. The Hall–Kier alpha value is -2.34. The van der Waals surface area contributed by atoms with Crippen LogP contribution in [0.2, 0.25) is 0 Å². The van der Waals surface area contributed by atoms with E-state index in [4.69, 9.17) is 15.2 Å². The Balaban J connectivity index is 1.80.